The van der Waals surface area contributed by atoms with Gasteiger partial charge < -0.3 is 4.90 Å². The molecule has 0 amide bonds. The second-order valence-electron chi connectivity index (χ2n) is 14.1. The van der Waals surface area contributed by atoms with Crippen molar-refractivity contribution in [3.8, 4) is 22.3 Å². The summed E-state index contributed by atoms with van der Waals surface area (Å²) in [5.41, 5.74) is 8.32. The quantitative estimate of drug-likeness (QED) is 0.161. The van der Waals surface area contributed by atoms with Gasteiger partial charge in [0.1, 0.15) is 0 Å². The summed E-state index contributed by atoms with van der Waals surface area (Å²) in [7, 11) is 0. The van der Waals surface area contributed by atoms with Crippen LogP contribution in [0.2, 0.25) is 0 Å². The lowest BCUT2D eigenvalue weighted by atomic mass is 9.90. The van der Waals surface area contributed by atoms with Crippen LogP contribution in [0, 0.1) is 0 Å². The van der Waals surface area contributed by atoms with Crippen LogP contribution in [0.25, 0.3) is 85.5 Å². The fourth-order valence-corrected chi connectivity index (χ4v) is 9.62. The molecule has 1 heterocycles. The van der Waals surface area contributed by atoms with Gasteiger partial charge in [-0.15, -0.1) is 11.3 Å². The molecule has 1 aromatic heterocycles. The number of thiophene rings is 1. The van der Waals surface area contributed by atoms with Crippen LogP contribution in [0.5, 0.6) is 0 Å². The zero-order valence-corrected chi connectivity index (χ0v) is 30.2. The number of fused-ring (bicyclic) bond motifs is 8. The van der Waals surface area contributed by atoms with E-state index in [1.165, 1.54) is 85.5 Å². The van der Waals surface area contributed by atoms with Crippen molar-refractivity contribution in [1.82, 2.24) is 0 Å². The van der Waals surface area contributed by atoms with Gasteiger partial charge in [-0.05, 0) is 108 Å². The fourth-order valence-electron chi connectivity index (χ4n) is 8.45. The zero-order chi connectivity index (χ0) is 35.6. The first-order chi connectivity index (χ1) is 26.8. The number of hydrogen-bond acceptors (Lipinski definition) is 2. The van der Waals surface area contributed by atoms with Crippen molar-refractivity contribution in [3.05, 3.63) is 200 Å². The topological polar surface area (TPSA) is 3.24 Å². The summed E-state index contributed by atoms with van der Waals surface area (Å²) >= 11 is 1.88. The summed E-state index contributed by atoms with van der Waals surface area (Å²) in [5, 5.41) is 12.7. The highest BCUT2D eigenvalue weighted by Crippen LogP contribution is 2.46. The average Bonchev–Trinajstić information content (AvgIpc) is 3.59. The molecule has 0 radical (unpaired) electrons. The van der Waals surface area contributed by atoms with Gasteiger partial charge in [-0.3, -0.25) is 0 Å². The first-order valence-electron chi connectivity index (χ1n) is 18.5. The predicted molar refractivity (Wildman–Crippen MR) is 235 cm³/mol. The van der Waals surface area contributed by atoms with E-state index in [9.17, 15) is 0 Å². The molecule has 0 atom stereocenters. The molecular weight excluding hydrogens is 671 g/mol. The molecule has 1 nitrogen and oxygen atoms in total. The smallest absolute Gasteiger partial charge is 0.0540 e. The summed E-state index contributed by atoms with van der Waals surface area (Å²) in [4.78, 5) is 2.44. The maximum Gasteiger partial charge on any atom is 0.0540 e. The second-order valence-corrected chi connectivity index (χ2v) is 15.2. The van der Waals surface area contributed by atoms with Gasteiger partial charge in [0.05, 0.1) is 5.69 Å². The van der Waals surface area contributed by atoms with Crippen LogP contribution in [0.3, 0.4) is 0 Å². The average molecular weight is 704 g/mol. The molecule has 2 heteroatoms. The lowest BCUT2D eigenvalue weighted by molar-refractivity contribution is 1.30. The summed E-state index contributed by atoms with van der Waals surface area (Å²) in [6.45, 7) is 0. The van der Waals surface area contributed by atoms with Gasteiger partial charge in [-0.2, -0.15) is 0 Å². The highest BCUT2D eigenvalue weighted by atomic mass is 32.1. The van der Waals surface area contributed by atoms with Crippen molar-refractivity contribution in [2.24, 2.45) is 0 Å². The van der Waals surface area contributed by atoms with Crippen LogP contribution >= 0.6 is 11.3 Å². The van der Waals surface area contributed by atoms with Gasteiger partial charge in [0.2, 0.25) is 0 Å². The monoisotopic (exact) mass is 703 g/mol. The minimum Gasteiger partial charge on any atom is -0.310 e. The molecule has 10 aromatic carbocycles. The SMILES string of the molecule is c1ccc(-c2ccc(N(c3ccc4c(c3)sc3cc5ccccc5cc34)c3cccc4c(-c5cc6ccccc6c6ccccc56)cccc34)cc2)cc1. The van der Waals surface area contributed by atoms with E-state index < -0.39 is 0 Å². The molecule has 0 aliphatic heterocycles. The Labute approximate surface area is 317 Å². The van der Waals surface area contributed by atoms with Crippen LogP contribution in [-0.4, -0.2) is 0 Å². The maximum absolute atomic E-state index is 2.44. The number of hydrogen-bond donors (Lipinski definition) is 0. The van der Waals surface area contributed by atoms with Gasteiger partial charge in [-0.1, -0.05) is 152 Å². The van der Waals surface area contributed by atoms with Crippen LogP contribution in [0.4, 0.5) is 17.1 Å². The molecular formula is C52H33NS. The van der Waals surface area contributed by atoms with E-state index in [4.69, 9.17) is 0 Å². The Kier molecular flexibility index (Phi) is 7.11. The predicted octanol–water partition coefficient (Wildman–Crippen LogP) is 15.5. The first kappa shape index (κ1) is 30.8. The summed E-state index contributed by atoms with van der Waals surface area (Å²) < 4.78 is 2.60. The minimum atomic E-state index is 1.12. The maximum atomic E-state index is 2.44. The van der Waals surface area contributed by atoms with E-state index in [0.29, 0.717) is 0 Å². The van der Waals surface area contributed by atoms with Crippen molar-refractivity contribution < 1.29 is 0 Å². The molecule has 0 spiro atoms. The third-order valence-corrected chi connectivity index (χ3v) is 12.1. The van der Waals surface area contributed by atoms with Gasteiger partial charge >= 0.3 is 0 Å². The Balaban J connectivity index is 1.13. The van der Waals surface area contributed by atoms with E-state index in [0.717, 1.165) is 17.1 Å². The normalized spacial score (nSPS) is 11.7. The lowest BCUT2D eigenvalue weighted by Gasteiger charge is -2.27. The lowest BCUT2D eigenvalue weighted by Crippen LogP contribution is -2.10. The summed E-state index contributed by atoms with van der Waals surface area (Å²) in [6.07, 6.45) is 0. The summed E-state index contributed by atoms with van der Waals surface area (Å²) in [5.74, 6) is 0. The minimum absolute atomic E-state index is 1.12. The Morgan fingerprint density at radius 1 is 0.296 bits per heavy atom. The molecule has 0 N–H and O–H groups in total. The molecule has 0 aliphatic rings. The van der Waals surface area contributed by atoms with Crippen LogP contribution in [0.15, 0.2) is 200 Å². The zero-order valence-electron chi connectivity index (χ0n) is 29.4. The molecule has 252 valence electrons. The number of anilines is 3. The Morgan fingerprint density at radius 3 is 1.72 bits per heavy atom. The standard InChI is InChI=1S/C52H33NS/c1-2-12-34(13-3-1)35-24-26-39(27-25-35)53(40-28-29-47-49-30-36-14-4-5-15-37(36)32-51(49)54-52(47)33-40)50-23-11-21-43-45(20-10-22-46(43)50)48-31-38-16-6-7-17-41(38)42-18-8-9-19-44(42)48/h1-33H. The largest absolute Gasteiger partial charge is 0.310 e. The van der Waals surface area contributed by atoms with E-state index in [2.05, 4.69) is 205 Å². The molecule has 0 saturated carbocycles. The van der Waals surface area contributed by atoms with Gasteiger partial charge in [0.15, 0.2) is 0 Å². The van der Waals surface area contributed by atoms with Gasteiger partial charge in [-0.25, -0.2) is 0 Å². The van der Waals surface area contributed by atoms with E-state index in [1.807, 2.05) is 11.3 Å². The van der Waals surface area contributed by atoms with Crippen LogP contribution < -0.4 is 4.90 Å². The molecule has 54 heavy (non-hydrogen) atoms. The third kappa shape index (κ3) is 4.99. The molecule has 0 fully saturated rings. The van der Waals surface area contributed by atoms with Gasteiger partial charge in [0.25, 0.3) is 0 Å². The molecule has 0 bridgehead atoms. The van der Waals surface area contributed by atoms with Crippen molar-refractivity contribution in [2.45, 2.75) is 0 Å². The number of benzene rings is 10. The molecule has 0 unspecified atom stereocenters. The summed E-state index contributed by atoms with van der Waals surface area (Å²) in [6, 6.07) is 73.6. The number of rotatable bonds is 5. The van der Waals surface area contributed by atoms with E-state index in [1.54, 1.807) is 0 Å². The Morgan fingerprint density at radius 2 is 0.889 bits per heavy atom. The number of nitrogens with zero attached hydrogens (tertiary/aromatic N) is 1. The van der Waals surface area contributed by atoms with Crippen molar-refractivity contribution in [2.75, 3.05) is 4.90 Å². The Hall–Kier alpha value is -6.74. The van der Waals surface area contributed by atoms with Crippen LogP contribution in [-0.2, 0) is 0 Å². The molecule has 0 aliphatic carbocycles. The Bertz CT molecular complexity index is 3210. The van der Waals surface area contributed by atoms with Crippen molar-refractivity contribution in [3.63, 3.8) is 0 Å². The highest BCUT2D eigenvalue weighted by molar-refractivity contribution is 7.25. The van der Waals surface area contributed by atoms with E-state index in [-0.39, 0.29) is 0 Å². The molecule has 11 aromatic rings. The van der Waals surface area contributed by atoms with Crippen LogP contribution in [0.1, 0.15) is 0 Å². The van der Waals surface area contributed by atoms with Crippen molar-refractivity contribution >= 4 is 91.7 Å². The third-order valence-electron chi connectivity index (χ3n) is 11.0. The van der Waals surface area contributed by atoms with Gasteiger partial charge in [0, 0.05) is 36.9 Å². The first-order valence-corrected chi connectivity index (χ1v) is 19.3. The second kappa shape index (κ2) is 12.4. The highest BCUT2D eigenvalue weighted by Gasteiger charge is 2.19. The van der Waals surface area contributed by atoms with E-state index >= 15 is 0 Å². The molecule has 0 saturated heterocycles. The van der Waals surface area contributed by atoms with Crippen molar-refractivity contribution in [1.29, 1.82) is 0 Å². The molecule has 11 rings (SSSR count). The fraction of sp³-hybridized carbons (Fsp3) is 0.